The summed E-state index contributed by atoms with van der Waals surface area (Å²) in [5, 5.41) is 8.69. The minimum atomic E-state index is -0.373. The Labute approximate surface area is 55.6 Å². The van der Waals surface area contributed by atoms with Crippen LogP contribution >= 0.6 is 0 Å². The maximum absolute atomic E-state index is 8.69. The van der Waals surface area contributed by atoms with Gasteiger partial charge in [-0.05, 0) is 6.92 Å². The second kappa shape index (κ2) is 6.01. The first kappa shape index (κ1) is 8.88. The van der Waals surface area contributed by atoms with E-state index < -0.39 is 0 Å². The molecule has 0 amide bonds. The van der Waals surface area contributed by atoms with E-state index in [4.69, 9.17) is 14.6 Å². The number of aliphatic hydroxyl groups is 1. The highest BCUT2D eigenvalue weighted by atomic mass is 16.5. The van der Waals surface area contributed by atoms with Crippen LogP contribution in [0.1, 0.15) is 6.92 Å². The average Bonchev–Trinajstić information content (AvgIpc) is 1.80. The van der Waals surface area contributed by atoms with Crippen LogP contribution in [-0.4, -0.2) is 38.1 Å². The Morgan fingerprint density at radius 1 is 1.44 bits per heavy atom. The lowest BCUT2D eigenvalue weighted by Gasteiger charge is -2.04. The monoisotopic (exact) mass is 134 g/mol. The zero-order chi connectivity index (χ0) is 7.11. The third-order valence-corrected chi connectivity index (χ3v) is 0.791. The van der Waals surface area contributed by atoms with E-state index >= 15 is 0 Å². The zero-order valence-corrected chi connectivity index (χ0v) is 5.96. The summed E-state index contributed by atoms with van der Waals surface area (Å²) in [4.78, 5) is 0. The number of hydrogen-bond donors (Lipinski definition) is 1. The second-order valence-electron chi connectivity index (χ2n) is 1.92. The van der Waals surface area contributed by atoms with Crippen molar-refractivity contribution in [3.63, 3.8) is 0 Å². The van der Waals surface area contributed by atoms with E-state index in [1.54, 1.807) is 14.0 Å². The van der Waals surface area contributed by atoms with Crippen molar-refractivity contribution >= 4 is 0 Å². The molecule has 1 atom stereocenters. The third kappa shape index (κ3) is 7.88. The largest absolute Gasteiger partial charge is 0.391 e. The minimum absolute atomic E-state index is 0.373. The molecule has 0 heterocycles. The first-order valence-corrected chi connectivity index (χ1v) is 3.02. The van der Waals surface area contributed by atoms with Crippen molar-refractivity contribution in [1.29, 1.82) is 0 Å². The molecule has 3 nitrogen and oxygen atoms in total. The first-order valence-electron chi connectivity index (χ1n) is 3.02. The quantitative estimate of drug-likeness (QED) is 0.539. The van der Waals surface area contributed by atoms with E-state index in [9.17, 15) is 0 Å². The smallest absolute Gasteiger partial charge is 0.0745 e. The van der Waals surface area contributed by atoms with E-state index in [2.05, 4.69) is 0 Å². The van der Waals surface area contributed by atoms with Crippen molar-refractivity contribution in [3.8, 4) is 0 Å². The van der Waals surface area contributed by atoms with E-state index in [1.807, 2.05) is 0 Å². The maximum Gasteiger partial charge on any atom is 0.0745 e. The predicted molar refractivity (Wildman–Crippen MR) is 34.4 cm³/mol. The van der Waals surface area contributed by atoms with Crippen molar-refractivity contribution in [2.75, 3.05) is 26.9 Å². The van der Waals surface area contributed by atoms with Crippen molar-refractivity contribution in [2.24, 2.45) is 0 Å². The molecule has 0 bridgehead atoms. The van der Waals surface area contributed by atoms with Gasteiger partial charge in [0.05, 0.1) is 25.9 Å². The molecule has 0 aromatic rings. The highest BCUT2D eigenvalue weighted by Crippen LogP contribution is 1.81. The van der Waals surface area contributed by atoms with E-state index in [0.717, 1.165) is 0 Å². The highest BCUT2D eigenvalue weighted by molar-refractivity contribution is 4.40. The fourth-order valence-corrected chi connectivity index (χ4v) is 0.396. The van der Waals surface area contributed by atoms with Crippen LogP contribution in [0.4, 0.5) is 0 Å². The molecule has 0 aromatic heterocycles. The molecular weight excluding hydrogens is 120 g/mol. The summed E-state index contributed by atoms with van der Waals surface area (Å²) in [5.74, 6) is 0. The SMILES string of the molecule is COCCOCC(C)O. The standard InChI is InChI=1S/C6H14O3/c1-6(7)5-9-4-3-8-2/h6-7H,3-5H2,1-2H3. The molecule has 0 saturated carbocycles. The van der Waals surface area contributed by atoms with E-state index in [1.165, 1.54) is 0 Å². The topological polar surface area (TPSA) is 38.7 Å². The number of rotatable bonds is 5. The second-order valence-corrected chi connectivity index (χ2v) is 1.92. The normalized spacial score (nSPS) is 13.7. The molecule has 56 valence electrons. The molecule has 0 aliphatic carbocycles. The van der Waals surface area contributed by atoms with E-state index in [0.29, 0.717) is 19.8 Å². The van der Waals surface area contributed by atoms with Gasteiger partial charge in [-0.1, -0.05) is 0 Å². The Bertz CT molecular complexity index is 54.3. The predicted octanol–water partition coefficient (Wildman–Crippen LogP) is 0.0302. The van der Waals surface area contributed by atoms with Crippen LogP contribution in [0.25, 0.3) is 0 Å². The van der Waals surface area contributed by atoms with Crippen LogP contribution in [0, 0.1) is 0 Å². The van der Waals surface area contributed by atoms with Crippen LogP contribution in [-0.2, 0) is 9.47 Å². The maximum atomic E-state index is 8.69. The number of methoxy groups -OCH3 is 1. The van der Waals surface area contributed by atoms with Gasteiger partial charge in [0.1, 0.15) is 0 Å². The average molecular weight is 134 g/mol. The zero-order valence-electron chi connectivity index (χ0n) is 5.96. The van der Waals surface area contributed by atoms with E-state index in [-0.39, 0.29) is 6.10 Å². The number of ether oxygens (including phenoxy) is 2. The lowest BCUT2D eigenvalue weighted by molar-refractivity contribution is 0.0202. The van der Waals surface area contributed by atoms with Gasteiger partial charge in [-0.25, -0.2) is 0 Å². The van der Waals surface area contributed by atoms with Gasteiger partial charge in [-0.3, -0.25) is 0 Å². The molecule has 0 fully saturated rings. The van der Waals surface area contributed by atoms with Crippen molar-refractivity contribution in [1.82, 2.24) is 0 Å². The minimum Gasteiger partial charge on any atom is -0.391 e. The summed E-state index contributed by atoms with van der Waals surface area (Å²) < 4.78 is 9.68. The fourth-order valence-electron chi connectivity index (χ4n) is 0.396. The van der Waals surface area contributed by atoms with Crippen molar-refractivity contribution in [2.45, 2.75) is 13.0 Å². The van der Waals surface area contributed by atoms with Crippen LogP contribution in [0.5, 0.6) is 0 Å². The number of hydrogen-bond acceptors (Lipinski definition) is 3. The van der Waals surface area contributed by atoms with Crippen molar-refractivity contribution < 1.29 is 14.6 Å². The Morgan fingerprint density at radius 3 is 2.56 bits per heavy atom. The Morgan fingerprint density at radius 2 is 2.11 bits per heavy atom. The van der Waals surface area contributed by atoms with Crippen LogP contribution in [0.3, 0.4) is 0 Å². The van der Waals surface area contributed by atoms with Gasteiger partial charge in [-0.2, -0.15) is 0 Å². The molecule has 9 heavy (non-hydrogen) atoms. The van der Waals surface area contributed by atoms with Crippen LogP contribution in [0.15, 0.2) is 0 Å². The molecule has 0 saturated heterocycles. The summed E-state index contributed by atoms with van der Waals surface area (Å²) >= 11 is 0. The lowest BCUT2D eigenvalue weighted by atomic mass is 10.4. The number of aliphatic hydroxyl groups excluding tert-OH is 1. The Hall–Kier alpha value is -0.120. The summed E-state index contributed by atoms with van der Waals surface area (Å²) in [5.41, 5.74) is 0. The van der Waals surface area contributed by atoms with Gasteiger partial charge in [0.15, 0.2) is 0 Å². The van der Waals surface area contributed by atoms with Gasteiger partial charge in [0.2, 0.25) is 0 Å². The lowest BCUT2D eigenvalue weighted by Crippen LogP contribution is -2.12. The summed E-state index contributed by atoms with van der Waals surface area (Å²) in [6.07, 6.45) is -0.373. The molecule has 3 heteroatoms. The van der Waals surface area contributed by atoms with Gasteiger partial charge >= 0.3 is 0 Å². The third-order valence-electron chi connectivity index (χ3n) is 0.791. The van der Waals surface area contributed by atoms with Gasteiger partial charge < -0.3 is 14.6 Å². The molecule has 1 unspecified atom stereocenters. The molecule has 0 rings (SSSR count). The van der Waals surface area contributed by atoms with Crippen LogP contribution in [0.2, 0.25) is 0 Å². The molecule has 0 aliphatic heterocycles. The Kier molecular flexibility index (Phi) is 5.93. The molecule has 1 N–H and O–H groups in total. The van der Waals surface area contributed by atoms with Crippen LogP contribution < -0.4 is 0 Å². The molecule has 0 aromatic carbocycles. The molecule has 0 radical (unpaired) electrons. The summed E-state index contributed by atoms with van der Waals surface area (Å²) in [6.45, 7) is 3.23. The van der Waals surface area contributed by atoms with Gasteiger partial charge in [0.25, 0.3) is 0 Å². The molecule has 0 aliphatic rings. The van der Waals surface area contributed by atoms with Gasteiger partial charge in [0, 0.05) is 7.11 Å². The van der Waals surface area contributed by atoms with Gasteiger partial charge in [-0.15, -0.1) is 0 Å². The molecular formula is C6H14O3. The first-order chi connectivity index (χ1) is 4.27. The Balaban J connectivity index is 2.75. The fraction of sp³-hybridized carbons (Fsp3) is 1.00. The summed E-state index contributed by atoms with van der Waals surface area (Å²) in [7, 11) is 1.62. The highest BCUT2D eigenvalue weighted by Gasteiger charge is 1.92. The van der Waals surface area contributed by atoms with Crippen molar-refractivity contribution in [3.05, 3.63) is 0 Å². The summed E-state index contributed by atoms with van der Waals surface area (Å²) in [6, 6.07) is 0. The molecule has 0 spiro atoms.